The normalized spacial score (nSPS) is 28.4. The van der Waals surface area contributed by atoms with E-state index in [1.54, 1.807) is 14.3 Å². The zero-order valence-corrected chi connectivity index (χ0v) is 56.0. The number of benzene rings is 2. The number of carbonyl (C=O) groups excluding carboxylic acids is 7. The Labute approximate surface area is 548 Å². The lowest BCUT2D eigenvalue weighted by molar-refractivity contribution is -0.151. The minimum atomic E-state index is -1.01. The zero-order chi connectivity index (χ0) is 64.8. The van der Waals surface area contributed by atoms with Gasteiger partial charge in [0, 0.05) is 73.0 Å². The molecule has 0 bridgehead atoms. The Morgan fingerprint density at radius 3 is 1.47 bits per heavy atom. The molecule has 2 aromatic carbocycles. The van der Waals surface area contributed by atoms with E-state index < -0.39 is 41.8 Å². The van der Waals surface area contributed by atoms with Gasteiger partial charge in [0.25, 0.3) is 0 Å². The number of aromatic nitrogens is 6. The van der Waals surface area contributed by atoms with Gasteiger partial charge in [0.05, 0.1) is 28.9 Å². The fourth-order valence-corrected chi connectivity index (χ4v) is 17.7. The van der Waals surface area contributed by atoms with Gasteiger partial charge in [-0.2, -0.15) is 0 Å². The Kier molecular flexibility index (Phi) is 19.0. The highest BCUT2D eigenvalue weighted by Gasteiger charge is 2.53. The van der Waals surface area contributed by atoms with Gasteiger partial charge >= 0.3 is 6.09 Å². The largest absolute Gasteiger partial charge is 0.444 e. The molecule has 8 heterocycles. The SMILES string of the molecule is Cn1nnc2cc(CNC(=O)[C@@H]3C[C@@H](CC4CCC5(CC4)CC5)CN3C(=O)[C@@H]3NCCC[C@@H]3C(=O)N3CCCC3)ccc21.Cn1nnc2cc(CNC(=O)[C@@H]3C[C@@H](CC4CCC5(CC4)CC5)CN3C(=O)[C@H]3[C@@H](C(=O)N4CCCC4)CCCN3C(=O)OC(C)(C)C)ccc21. The van der Waals surface area contributed by atoms with Crippen LogP contribution in [0, 0.1) is 46.3 Å². The molecule has 4 aromatic rings. The second kappa shape index (κ2) is 27.2. The van der Waals surface area contributed by atoms with Crippen molar-refractivity contribution >= 4 is 63.6 Å². The maximum atomic E-state index is 15.0. The third-order valence-electron chi connectivity index (χ3n) is 23.5. The Hall–Kier alpha value is -6.71. The van der Waals surface area contributed by atoms with Crippen LogP contribution in [0.4, 0.5) is 4.79 Å². The summed E-state index contributed by atoms with van der Waals surface area (Å²) in [5.41, 5.74) is 5.76. The standard InChI is InChI=1S/C38H55N7O5.C33H47N7O3/c1-37(2,3)50-36(49)44-19-7-8-28(34(47)43-17-5-6-18-43)32(44)35(48)45-24-27(20-25-11-13-38(14-12-25)15-16-38)22-31(45)33(46)39-23-26-9-10-30-29(21-26)40-41-42(30)4;1-38-27-7-6-23(18-26(27)36-37-38)20-35-30(41)28-19-24(17-22-8-10-33(11-9-22)12-13-33)21-40(28)32(43)29-25(5-4-14-34-29)31(42)39-15-2-3-16-39/h9-10,21,25,27-28,31-32H,5-8,11-20,22-24H2,1-4H3,(H,39,46);6-7,18,22,24-25,28-29,34H,2-5,8-17,19-21H2,1H3,(H,35,41)/t27-,28+,31+,32-;24-,25+,28+,29-/m11/s1. The first kappa shape index (κ1) is 65.0. The van der Waals surface area contributed by atoms with E-state index in [1.165, 1.54) is 81.9 Å². The van der Waals surface area contributed by atoms with Gasteiger partial charge in [0.15, 0.2) is 0 Å². The van der Waals surface area contributed by atoms with Crippen molar-refractivity contribution in [2.45, 2.75) is 218 Å². The third-order valence-corrected chi connectivity index (χ3v) is 23.5. The number of carbonyl (C=O) groups is 7. The number of rotatable bonds is 14. The molecule has 14 rings (SSSR count). The quantitative estimate of drug-likeness (QED) is 0.109. The Balaban J connectivity index is 0.000000171. The summed E-state index contributed by atoms with van der Waals surface area (Å²) in [5, 5.41) is 26.3. The average Bonchev–Trinajstić information content (AvgIpc) is 1.51. The molecule has 504 valence electrons. The number of hydrogen-bond donors (Lipinski definition) is 3. The molecule has 8 atom stereocenters. The first-order chi connectivity index (χ1) is 44.8. The first-order valence-corrected chi connectivity index (χ1v) is 35.8. The molecule has 4 aliphatic carbocycles. The number of fused-ring (bicyclic) bond motifs is 2. The van der Waals surface area contributed by atoms with Crippen molar-refractivity contribution in [3.63, 3.8) is 0 Å². The predicted molar refractivity (Wildman–Crippen MR) is 350 cm³/mol. The van der Waals surface area contributed by atoms with Crippen molar-refractivity contribution in [2.75, 3.05) is 52.4 Å². The molecule has 22 heteroatoms. The van der Waals surface area contributed by atoms with Gasteiger partial charge in [0.2, 0.25) is 35.4 Å². The molecule has 2 spiro atoms. The molecular formula is C71H102N14O8. The number of nitrogens with one attached hydrogen (secondary N) is 3. The maximum Gasteiger partial charge on any atom is 0.410 e. The Bertz CT molecular complexity index is 3390. The topological polar surface area (TPSA) is 242 Å². The number of ether oxygens (including phenoxy) is 1. The molecule has 0 unspecified atom stereocenters. The Morgan fingerprint density at radius 2 is 1.00 bits per heavy atom. The molecule has 6 saturated heterocycles. The van der Waals surface area contributed by atoms with Crippen LogP contribution in [0.3, 0.4) is 0 Å². The van der Waals surface area contributed by atoms with Crippen molar-refractivity contribution in [1.82, 2.24) is 70.4 Å². The van der Waals surface area contributed by atoms with Crippen LogP contribution in [0.15, 0.2) is 36.4 Å². The summed E-state index contributed by atoms with van der Waals surface area (Å²) in [6.45, 7) is 11.1. The predicted octanol–water partition coefficient (Wildman–Crippen LogP) is 7.95. The van der Waals surface area contributed by atoms with E-state index in [1.807, 2.05) is 86.0 Å². The van der Waals surface area contributed by atoms with Gasteiger partial charge in [-0.25, -0.2) is 14.2 Å². The lowest BCUT2D eigenvalue weighted by atomic mass is 9.76. The van der Waals surface area contributed by atoms with Gasteiger partial charge in [-0.15, -0.1) is 10.2 Å². The second-order valence-electron chi connectivity index (χ2n) is 31.2. The Morgan fingerprint density at radius 1 is 0.538 bits per heavy atom. The summed E-state index contributed by atoms with van der Waals surface area (Å²) in [5.74, 6) is 0.102. The lowest BCUT2D eigenvalue weighted by Gasteiger charge is -2.43. The molecule has 22 nitrogen and oxygen atoms in total. The molecule has 10 aliphatic rings. The highest BCUT2D eigenvalue weighted by Crippen LogP contribution is 2.59. The monoisotopic (exact) mass is 1280 g/mol. The second-order valence-corrected chi connectivity index (χ2v) is 31.2. The van der Waals surface area contributed by atoms with E-state index in [9.17, 15) is 33.6 Å². The van der Waals surface area contributed by atoms with Crippen molar-refractivity contribution in [1.29, 1.82) is 0 Å². The highest BCUT2D eigenvalue weighted by molar-refractivity contribution is 5.97. The summed E-state index contributed by atoms with van der Waals surface area (Å²) < 4.78 is 9.26. The van der Waals surface area contributed by atoms with Crippen LogP contribution in [0.5, 0.6) is 0 Å². The highest BCUT2D eigenvalue weighted by atomic mass is 16.6. The van der Waals surface area contributed by atoms with Gasteiger partial charge in [0.1, 0.15) is 34.8 Å². The molecule has 10 fully saturated rings. The van der Waals surface area contributed by atoms with E-state index in [0.29, 0.717) is 100 Å². The number of amides is 7. The van der Waals surface area contributed by atoms with Crippen molar-refractivity contribution < 1.29 is 38.3 Å². The first-order valence-electron chi connectivity index (χ1n) is 35.8. The van der Waals surface area contributed by atoms with Gasteiger partial charge in [-0.05, 0) is 251 Å². The van der Waals surface area contributed by atoms with Crippen molar-refractivity contribution in [3.8, 4) is 0 Å². The van der Waals surface area contributed by atoms with Crippen LogP contribution >= 0.6 is 0 Å². The minimum Gasteiger partial charge on any atom is -0.444 e. The summed E-state index contributed by atoms with van der Waals surface area (Å²) in [4.78, 5) is 107. The van der Waals surface area contributed by atoms with Crippen LogP contribution in [-0.4, -0.2) is 178 Å². The van der Waals surface area contributed by atoms with Crippen molar-refractivity contribution in [3.05, 3.63) is 47.5 Å². The molecule has 0 radical (unpaired) electrons. The summed E-state index contributed by atoms with van der Waals surface area (Å²) >= 11 is 0. The van der Waals surface area contributed by atoms with Crippen LogP contribution < -0.4 is 16.0 Å². The number of likely N-dealkylation sites (tertiary alicyclic amines) is 5. The summed E-state index contributed by atoms with van der Waals surface area (Å²) in [7, 11) is 3.70. The molecule has 93 heavy (non-hydrogen) atoms. The number of hydrogen-bond acceptors (Lipinski definition) is 13. The van der Waals surface area contributed by atoms with Gasteiger partial charge in [-0.1, -0.05) is 22.6 Å². The number of piperidine rings is 2. The van der Waals surface area contributed by atoms with Crippen molar-refractivity contribution in [2.24, 2.45) is 60.4 Å². The molecular weight excluding hydrogens is 1180 g/mol. The molecule has 4 saturated carbocycles. The molecule has 6 aliphatic heterocycles. The number of nitrogens with zero attached hydrogens (tertiary/aromatic N) is 11. The smallest absolute Gasteiger partial charge is 0.410 e. The van der Waals surface area contributed by atoms with E-state index in [0.717, 1.165) is 104 Å². The van der Waals surface area contributed by atoms with Crippen LogP contribution in [0.1, 0.15) is 186 Å². The molecule has 3 N–H and O–H groups in total. The molecule has 2 aromatic heterocycles. The minimum absolute atomic E-state index is 0.0681. The van der Waals surface area contributed by atoms with E-state index in [2.05, 4.69) is 36.6 Å². The van der Waals surface area contributed by atoms with E-state index in [-0.39, 0.29) is 47.3 Å². The van der Waals surface area contributed by atoms with Crippen LogP contribution in [-0.2, 0) is 60.7 Å². The maximum absolute atomic E-state index is 15.0. The van der Waals surface area contributed by atoms with E-state index >= 15 is 0 Å². The van der Waals surface area contributed by atoms with Crippen LogP contribution in [0.25, 0.3) is 22.1 Å². The van der Waals surface area contributed by atoms with Crippen LogP contribution in [0.2, 0.25) is 0 Å². The number of aryl methyl sites for hydroxylation is 2. The van der Waals surface area contributed by atoms with Gasteiger partial charge < -0.3 is 40.3 Å². The fraction of sp³-hybridized carbons (Fsp3) is 0.732. The lowest BCUT2D eigenvalue weighted by Crippen LogP contribution is -2.62. The summed E-state index contributed by atoms with van der Waals surface area (Å²) in [6, 6.07) is 8.98. The third kappa shape index (κ3) is 14.6. The zero-order valence-electron chi connectivity index (χ0n) is 56.0. The fourth-order valence-electron chi connectivity index (χ4n) is 17.7. The van der Waals surface area contributed by atoms with E-state index in [4.69, 9.17) is 4.74 Å². The summed E-state index contributed by atoms with van der Waals surface area (Å²) in [6.07, 6.45) is 25.3. The average molecular weight is 1280 g/mol. The molecule has 7 amide bonds. The van der Waals surface area contributed by atoms with Gasteiger partial charge in [-0.3, -0.25) is 33.7 Å².